The van der Waals surface area contributed by atoms with E-state index in [1.807, 2.05) is 30.3 Å². The molecule has 1 aromatic heterocycles. The van der Waals surface area contributed by atoms with Crippen LogP contribution in [0.3, 0.4) is 0 Å². The molecular formula is C16H20N4O4. The summed E-state index contributed by atoms with van der Waals surface area (Å²) in [7, 11) is 0. The molecule has 1 aromatic carbocycles. The largest absolute Gasteiger partial charge is 0.446 e. The van der Waals surface area contributed by atoms with Crippen molar-refractivity contribution in [3.8, 4) is 0 Å². The van der Waals surface area contributed by atoms with E-state index in [0.717, 1.165) is 11.8 Å². The molecule has 0 spiro atoms. The Hall–Kier alpha value is -2.71. The number of aromatic nitrogens is 1. The second-order valence-corrected chi connectivity index (χ2v) is 5.46. The SMILES string of the molecule is CC(O)C(N)c1nc(C(=O)NC(Cc2ccccc2)C(N)=O)co1. The number of nitrogens with zero attached hydrogens (tertiary/aromatic N) is 1. The number of primary amides is 1. The molecule has 0 fully saturated rings. The highest BCUT2D eigenvalue weighted by molar-refractivity contribution is 5.95. The summed E-state index contributed by atoms with van der Waals surface area (Å²) in [6.07, 6.45) is 0.504. The lowest BCUT2D eigenvalue weighted by atomic mass is 10.1. The Morgan fingerprint density at radius 2 is 2.00 bits per heavy atom. The van der Waals surface area contributed by atoms with E-state index in [0.29, 0.717) is 0 Å². The van der Waals surface area contributed by atoms with E-state index in [9.17, 15) is 14.7 Å². The second-order valence-electron chi connectivity index (χ2n) is 5.46. The molecule has 0 saturated heterocycles. The molecule has 24 heavy (non-hydrogen) atoms. The fraction of sp³-hybridized carbons (Fsp3) is 0.312. The van der Waals surface area contributed by atoms with Crippen LogP contribution in [0.4, 0.5) is 0 Å². The first-order valence-electron chi connectivity index (χ1n) is 7.41. The molecule has 0 aliphatic rings. The third-order valence-electron chi connectivity index (χ3n) is 3.49. The van der Waals surface area contributed by atoms with E-state index in [-0.39, 0.29) is 18.0 Å². The molecule has 8 heteroatoms. The molecule has 0 aliphatic heterocycles. The highest BCUT2D eigenvalue weighted by atomic mass is 16.3. The fourth-order valence-electron chi connectivity index (χ4n) is 2.06. The standard InChI is InChI=1S/C16H20N4O4/c1-9(21)13(17)16-20-12(8-24-16)15(23)19-11(14(18)22)7-10-5-3-2-4-6-10/h2-6,8-9,11,13,21H,7,17H2,1H3,(H2,18,22)(H,19,23). The summed E-state index contributed by atoms with van der Waals surface area (Å²) in [5.41, 5.74) is 11.9. The molecule has 8 nitrogen and oxygen atoms in total. The molecule has 0 bridgehead atoms. The maximum Gasteiger partial charge on any atom is 0.273 e. The van der Waals surface area contributed by atoms with Gasteiger partial charge in [-0.15, -0.1) is 0 Å². The van der Waals surface area contributed by atoms with Gasteiger partial charge in [0, 0.05) is 6.42 Å². The van der Waals surface area contributed by atoms with Crippen LogP contribution in [0, 0.1) is 0 Å². The van der Waals surface area contributed by atoms with Crippen LogP contribution in [0.25, 0.3) is 0 Å². The fourth-order valence-corrected chi connectivity index (χ4v) is 2.06. The molecule has 2 amide bonds. The number of nitrogens with two attached hydrogens (primary N) is 2. The lowest BCUT2D eigenvalue weighted by Gasteiger charge is -2.14. The van der Waals surface area contributed by atoms with Crippen LogP contribution in [0.15, 0.2) is 41.0 Å². The van der Waals surface area contributed by atoms with E-state index >= 15 is 0 Å². The van der Waals surface area contributed by atoms with Gasteiger partial charge in [-0.2, -0.15) is 0 Å². The molecule has 2 aromatic rings. The first-order chi connectivity index (χ1) is 11.4. The molecule has 0 radical (unpaired) electrons. The van der Waals surface area contributed by atoms with Crippen molar-refractivity contribution in [2.75, 3.05) is 0 Å². The topological polar surface area (TPSA) is 144 Å². The molecule has 1 heterocycles. The van der Waals surface area contributed by atoms with Gasteiger partial charge in [0.15, 0.2) is 5.69 Å². The van der Waals surface area contributed by atoms with Gasteiger partial charge in [0.05, 0.1) is 6.10 Å². The minimum atomic E-state index is -0.884. The van der Waals surface area contributed by atoms with Crippen LogP contribution in [-0.4, -0.2) is 34.1 Å². The third-order valence-corrected chi connectivity index (χ3v) is 3.49. The van der Waals surface area contributed by atoms with Crippen LogP contribution in [0.5, 0.6) is 0 Å². The van der Waals surface area contributed by atoms with Gasteiger partial charge in [0.25, 0.3) is 5.91 Å². The summed E-state index contributed by atoms with van der Waals surface area (Å²) in [4.78, 5) is 27.7. The number of benzene rings is 1. The first-order valence-corrected chi connectivity index (χ1v) is 7.41. The Labute approximate surface area is 138 Å². The third kappa shape index (κ3) is 4.40. The van der Waals surface area contributed by atoms with E-state index in [2.05, 4.69) is 10.3 Å². The maximum absolute atomic E-state index is 12.2. The quantitative estimate of drug-likeness (QED) is 0.556. The minimum absolute atomic E-state index is 0.0360. The molecular weight excluding hydrogens is 312 g/mol. The van der Waals surface area contributed by atoms with E-state index in [1.54, 1.807) is 0 Å². The van der Waals surface area contributed by atoms with Gasteiger partial charge in [-0.05, 0) is 12.5 Å². The summed E-state index contributed by atoms with van der Waals surface area (Å²) in [5, 5.41) is 11.9. The van der Waals surface area contributed by atoms with Gasteiger partial charge in [-0.25, -0.2) is 4.98 Å². The molecule has 128 valence electrons. The normalized spacial score (nSPS) is 14.6. The monoisotopic (exact) mass is 332 g/mol. The van der Waals surface area contributed by atoms with Crippen molar-refractivity contribution in [2.24, 2.45) is 11.5 Å². The number of aliphatic hydroxyl groups is 1. The average molecular weight is 332 g/mol. The predicted octanol–water partition coefficient (Wildman–Crippen LogP) is -0.118. The Morgan fingerprint density at radius 3 is 2.58 bits per heavy atom. The van der Waals surface area contributed by atoms with Crippen molar-refractivity contribution in [3.63, 3.8) is 0 Å². The second kappa shape index (κ2) is 7.71. The average Bonchev–Trinajstić information content (AvgIpc) is 3.04. The highest BCUT2D eigenvalue weighted by Gasteiger charge is 2.24. The van der Waals surface area contributed by atoms with Crippen LogP contribution in [-0.2, 0) is 11.2 Å². The lowest BCUT2D eigenvalue weighted by Crippen LogP contribution is -2.46. The summed E-state index contributed by atoms with van der Waals surface area (Å²) < 4.78 is 5.10. The molecule has 2 rings (SSSR count). The lowest BCUT2D eigenvalue weighted by molar-refractivity contribution is -0.119. The molecule has 6 N–H and O–H groups in total. The Balaban J connectivity index is 2.07. The maximum atomic E-state index is 12.2. The van der Waals surface area contributed by atoms with Gasteiger partial charge in [0.1, 0.15) is 18.3 Å². The van der Waals surface area contributed by atoms with Gasteiger partial charge >= 0.3 is 0 Å². The Kier molecular flexibility index (Phi) is 5.67. The Bertz CT molecular complexity index is 699. The number of aliphatic hydroxyl groups excluding tert-OH is 1. The minimum Gasteiger partial charge on any atom is -0.446 e. The summed E-state index contributed by atoms with van der Waals surface area (Å²) in [6, 6.07) is 7.44. The van der Waals surface area contributed by atoms with Crippen molar-refractivity contribution in [2.45, 2.75) is 31.5 Å². The molecule has 0 aliphatic carbocycles. The number of hydrogen-bond acceptors (Lipinski definition) is 6. The first kappa shape index (κ1) is 17.6. The summed E-state index contributed by atoms with van der Waals surface area (Å²) in [6.45, 7) is 1.48. The predicted molar refractivity (Wildman–Crippen MR) is 85.7 cm³/mol. The van der Waals surface area contributed by atoms with Crippen LogP contribution in [0.1, 0.15) is 34.9 Å². The van der Waals surface area contributed by atoms with Gasteiger partial charge in [-0.1, -0.05) is 30.3 Å². The van der Waals surface area contributed by atoms with E-state index in [1.165, 1.54) is 6.92 Å². The number of carbonyl (C=O) groups excluding carboxylic acids is 2. The smallest absolute Gasteiger partial charge is 0.273 e. The molecule has 3 unspecified atom stereocenters. The van der Waals surface area contributed by atoms with Crippen molar-refractivity contribution < 1.29 is 19.1 Å². The number of oxazole rings is 1. The van der Waals surface area contributed by atoms with Gasteiger partial charge in [-0.3, -0.25) is 9.59 Å². The summed E-state index contributed by atoms with van der Waals surface area (Å²) in [5.74, 6) is -1.23. The molecule has 0 saturated carbocycles. The zero-order valence-corrected chi connectivity index (χ0v) is 13.2. The van der Waals surface area contributed by atoms with Crippen molar-refractivity contribution in [1.82, 2.24) is 10.3 Å². The van der Waals surface area contributed by atoms with Crippen molar-refractivity contribution >= 4 is 11.8 Å². The van der Waals surface area contributed by atoms with Crippen LogP contribution >= 0.6 is 0 Å². The summed E-state index contributed by atoms with van der Waals surface area (Å²) >= 11 is 0. The zero-order chi connectivity index (χ0) is 17.7. The van der Waals surface area contributed by atoms with Crippen LogP contribution in [0.2, 0.25) is 0 Å². The van der Waals surface area contributed by atoms with E-state index < -0.39 is 30.0 Å². The number of amides is 2. The van der Waals surface area contributed by atoms with Crippen molar-refractivity contribution in [1.29, 1.82) is 0 Å². The van der Waals surface area contributed by atoms with E-state index in [4.69, 9.17) is 15.9 Å². The van der Waals surface area contributed by atoms with Crippen molar-refractivity contribution in [3.05, 3.63) is 53.7 Å². The van der Waals surface area contributed by atoms with Gasteiger partial charge < -0.3 is 26.3 Å². The Morgan fingerprint density at radius 1 is 1.33 bits per heavy atom. The number of nitrogens with one attached hydrogen (secondary N) is 1. The number of rotatable bonds is 7. The zero-order valence-electron chi connectivity index (χ0n) is 13.2. The van der Waals surface area contributed by atoms with Gasteiger partial charge in [0.2, 0.25) is 11.8 Å². The molecule has 3 atom stereocenters. The van der Waals surface area contributed by atoms with Crippen LogP contribution < -0.4 is 16.8 Å². The highest BCUT2D eigenvalue weighted by Crippen LogP contribution is 2.14. The number of carbonyl (C=O) groups is 2. The number of hydrogen-bond donors (Lipinski definition) is 4.